The quantitative estimate of drug-likeness (QED) is 0.370. The van der Waals surface area contributed by atoms with Crippen LogP contribution in [0, 0.1) is 0 Å². The van der Waals surface area contributed by atoms with Crippen LogP contribution in [-0.4, -0.2) is 14.7 Å². The standard InChI is InChI=1S/C6H13O4PS/c7-11(8,9)10-6(12)4-2-1-3-5-6/h12H,1-5H2,(H2,7,8,9). The molecule has 72 valence electrons. The molecule has 0 heterocycles. The zero-order chi connectivity index (χ0) is 9.24. The van der Waals surface area contributed by atoms with Gasteiger partial charge in [-0.2, -0.15) is 0 Å². The van der Waals surface area contributed by atoms with Gasteiger partial charge in [-0.15, -0.1) is 12.6 Å². The van der Waals surface area contributed by atoms with Crippen LogP contribution in [0.15, 0.2) is 0 Å². The van der Waals surface area contributed by atoms with Crippen molar-refractivity contribution in [3.8, 4) is 0 Å². The van der Waals surface area contributed by atoms with Gasteiger partial charge in [-0.3, -0.25) is 4.52 Å². The summed E-state index contributed by atoms with van der Waals surface area (Å²) in [5.41, 5.74) is 0. The summed E-state index contributed by atoms with van der Waals surface area (Å²) in [5.74, 6) is 0. The average molecular weight is 212 g/mol. The minimum absolute atomic E-state index is 0.612. The topological polar surface area (TPSA) is 66.8 Å². The second kappa shape index (κ2) is 3.68. The lowest BCUT2D eigenvalue weighted by atomic mass is 9.97. The summed E-state index contributed by atoms with van der Waals surface area (Å²) in [5, 5.41) is 0. The molecule has 0 saturated heterocycles. The van der Waals surface area contributed by atoms with E-state index in [0.29, 0.717) is 12.8 Å². The molecule has 0 unspecified atom stereocenters. The Hall–Kier alpha value is 0.460. The maximum Gasteiger partial charge on any atom is 0.470 e. The van der Waals surface area contributed by atoms with Crippen molar-refractivity contribution in [1.29, 1.82) is 0 Å². The van der Waals surface area contributed by atoms with Gasteiger partial charge in [0.15, 0.2) is 0 Å². The van der Waals surface area contributed by atoms with Gasteiger partial charge in [0, 0.05) is 0 Å². The van der Waals surface area contributed by atoms with Crippen LogP contribution in [0.5, 0.6) is 0 Å². The van der Waals surface area contributed by atoms with E-state index in [1.54, 1.807) is 0 Å². The minimum atomic E-state index is -4.38. The smallest absolute Gasteiger partial charge is 0.303 e. The summed E-state index contributed by atoms with van der Waals surface area (Å²) in [6.07, 6.45) is 4.16. The van der Waals surface area contributed by atoms with Crippen LogP contribution in [-0.2, 0) is 9.09 Å². The second-order valence-electron chi connectivity index (χ2n) is 3.09. The third-order valence-electron chi connectivity index (χ3n) is 1.92. The minimum Gasteiger partial charge on any atom is -0.303 e. The predicted molar refractivity (Wildman–Crippen MR) is 47.9 cm³/mol. The summed E-state index contributed by atoms with van der Waals surface area (Å²) in [6, 6.07) is 0. The van der Waals surface area contributed by atoms with Crippen molar-refractivity contribution in [2.45, 2.75) is 37.0 Å². The predicted octanol–water partition coefficient (Wildman–Crippen LogP) is 1.69. The van der Waals surface area contributed by atoms with E-state index >= 15 is 0 Å². The molecule has 0 atom stereocenters. The molecule has 0 bridgehead atoms. The molecule has 0 aliphatic heterocycles. The van der Waals surface area contributed by atoms with Gasteiger partial charge in [0.25, 0.3) is 0 Å². The molecule has 4 nitrogen and oxygen atoms in total. The summed E-state index contributed by atoms with van der Waals surface area (Å²) in [4.78, 5) is 16.2. The normalized spacial score (nSPS) is 23.9. The molecule has 12 heavy (non-hydrogen) atoms. The molecule has 0 aromatic rings. The summed E-state index contributed by atoms with van der Waals surface area (Å²) in [6.45, 7) is 0. The number of phosphoric acid groups is 1. The first-order valence-electron chi connectivity index (χ1n) is 3.90. The Kier molecular flexibility index (Phi) is 3.23. The van der Waals surface area contributed by atoms with Crippen LogP contribution in [0.3, 0.4) is 0 Å². The fourth-order valence-electron chi connectivity index (χ4n) is 1.42. The van der Waals surface area contributed by atoms with E-state index in [4.69, 9.17) is 9.79 Å². The van der Waals surface area contributed by atoms with E-state index in [9.17, 15) is 4.57 Å². The van der Waals surface area contributed by atoms with E-state index in [1.165, 1.54) is 0 Å². The Morgan fingerprint density at radius 2 is 1.75 bits per heavy atom. The fourth-order valence-corrected chi connectivity index (χ4v) is 2.68. The van der Waals surface area contributed by atoms with E-state index < -0.39 is 12.8 Å². The third kappa shape index (κ3) is 3.46. The zero-order valence-corrected chi connectivity index (χ0v) is 8.43. The van der Waals surface area contributed by atoms with Crippen molar-refractivity contribution in [1.82, 2.24) is 0 Å². The molecule has 0 aromatic carbocycles. The lowest BCUT2D eigenvalue weighted by Crippen LogP contribution is -2.27. The highest BCUT2D eigenvalue weighted by molar-refractivity contribution is 7.81. The summed E-state index contributed by atoms with van der Waals surface area (Å²) in [7, 11) is -4.38. The molecule has 0 aromatic heterocycles. The molecule has 2 N–H and O–H groups in total. The van der Waals surface area contributed by atoms with Gasteiger partial charge < -0.3 is 9.79 Å². The zero-order valence-electron chi connectivity index (χ0n) is 6.64. The molecule has 1 saturated carbocycles. The lowest BCUT2D eigenvalue weighted by Gasteiger charge is -2.31. The number of hydrogen-bond donors (Lipinski definition) is 3. The summed E-state index contributed by atoms with van der Waals surface area (Å²) >= 11 is 4.13. The van der Waals surface area contributed by atoms with Crippen molar-refractivity contribution in [3.05, 3.63) is 0 Å². The first kappa shape index (κ1) is 10.5. The van der Waals surface area contributed by atoms with Crippen LogP contribution in [0.1, 0.15) is 32.1 Å². The Labute approximate surface area is 77.0 Å². The highest BCUT2D eigenvalue weighted by Crippen LogP contribution is 2.48. The SMILES string of the molecule is O=P(O)(O)OC1(S)CCCCC1. The average Bonchev–Trinajstić information content (AvgIpc) is 1.83. The molecule has 1 aliphatic carbocycles. The van der Waals surface area contributed by atoms with E-state index in [0.717, 1.165) is 19.3 Å². The van der Waals surface area contributed by atoms with Crippen LogP contribution >= 0.6 is 20.5 Å². The van der Waals surface area contributed by atoms with Crippen molar-refractivity contribution in [2.24, 2.45) is 0 Å². The van der Waals surface area contributed by atoms with Crippen molar-refractivity contribution in [2.75, 3.05) is 0 Å². The first-order valence-corrected chi connectivity index (χ1v) is 5.88. The molecule has 0 amide bonds. The molecule has 0 spiro atoms. The van der Waals surface area contributed by atoms with Gasteiger partial charge in [0.2, 0.25) is 0 Å². The molecule has 6 heteroatoms. The van der Waals surface area contributed by atoms with Crippen LogP contribution < -0.4 is 0 Å². The van der Waals surface area contributed by atoms with Gasteiger partial charge in [-0.25, -0.2) is 4.57 Å². The van der Waals surface area contributed by atoms with Crippen molar-refractivity contribution in [3.63, 3.8) is 0 Å². The van der Waals surface area contributed by atoms with Gasteiger partial charge in [-0.05, 0) is 25.7 Å². The molecule has 1 aliphatic rings. The van der Waals surface area contributed by atoms with Gasteiger partial charge in [0.1, 0.15) is 4.93 Å². The van der Waals surface area contributed by atoms with Crippen LogP contribution in [0.4, 0.5) is 0 Å². The highest BCUT2D eigenvalue weighted by atomic mass is 32.1. The second-order valence-corrected chi connectivity index (χ2v) is 5.07. The Balaban J connectivity index is 2.53. The highest BCUT2D eigenvalue weighted by Gasteiger charge is 2.35. The number of phosphoric ester groups is 1. The molecule has 0 radical (unpaired) electrons. The van der Waals surface area contributed by atoms with E-state index in [2.05, 4.69) is 17.2 Å². The van der Waals surface area contributed by atoms with Crippen LogP contribution in [0.2, 0.25) is 0 Å². The van der Waals surface area contributed by atoms with Gasteiger partial charge in [0.05, 0.1) is 0 Å². The molecular weight excluding hydrogens is 199 g/mol. The Bertz CT molecular complexity index is 196. The number of hydrogen-bond acceptors (Lipinski definition) is 3. The van der Waals surface area contributed by atoms with Crippen molar-refractivity contribution < 1.29 is 18.9 Å². The largest absolute Gasteiger partial charge is 0.470 e. The number of rotatable bonds is 2. The van der Waals surface area contributed by atoms with E-state index in [-0.39, 0.29) is 0 Å². The first-order chi connectivity index (χ1) is 5.41. The van der Waals surface area contributed by atoms with Gasteiger partial charge in [-0.1, -0.05) is 6.42 Å². The number of thiol groups is 1. The Morgan fingerprint density at radius 1 is 1.25 bits per heavy atom. The van der Waals surface area contributed by atoms with Crippen molar-refractivity contribution >= 4 is 20.5 Å². The molecule has 1 rings (SSSR count). The van der Waals surface area contributed by atoms with E-state index in [1.807, 2.05) is 0 Å². The van der Waals surface area contributed by atoms with Crippen LogP contribution in [0.25, 0.3) is 0 Å². The monoisotopic (exact) mass is 212 g/mol. The maximum atomic E-state index is 10.5. The van der Waals surface area contributed by atoms with Gasteiger partial charge >= 0.3 is 7.82 Å². The fraction of sp³-hybridized carbons (Fsp3) is 1.00. The molecular formula is C6H13O4PS. The third-order valence-corrected chi connectivity index (χ3v) is 3.19. The summed E-state index contributed by atoms with van der Waals surface area (Å²) < 4.78 is 15.1. The Morgan fingerprint density at radius 3 is 2.17 bits per heavy atom. The molecule has 1 fully saturated rings. The lowest BCUT2D eigenvalue weighted by molar-refractivity contribution is 0.0791. The maximum absolute atomic E-state index is 10.5.